The van der Waals surface area contributed by atoms with Crippen molar-refractivity contribution in [1.82, 2.24) is 5.01 Å². The SMILES string of the molecule is Cc1ccc(C(=O)[C@H]2Oc3ccc(Cl)cc3[C@@H]3CC(c4ccc(C)cc4)=NN23)cc1. The quantitative estimate of drug-likeness (QED) is 0.513. The molecule has 150 valence electrons. The fourth-order valence-electron chi connectivity index (χ4n) is 4.01. The van der Waals surface area contributed by atoms with E-state index >= 15 is 0 Å². The van der Waals surface area contributed by atoms with Crippen molar-refractivity contribution < 1.29 is 9.53 Å². The van der Waals surface area contributed by atoms with Crippen LogP contribution in [0.15, 0.2) is 71.8 Å². The zero-order valence-electron chi connectivity index (χ0n) is 16.8. The minimum absolute atomic E-state index is 0.0943. The van der Waals surface area contributed by atoms with Crippen LogP contribution in [0.5, 0.6) is 5.75 Å². The van der Waals surface area contributed by atoms with Crippen molar-refractivity contribution in [1.29, 1.82) is 0 Å². The summed E-state index contributed by atoms with van der Waals surface area (Å²) in [6.45, 7) is 4.06. The van der Waals surface area contributed by atoms with E-state index in [2.05, 4.69) is 31.2 Å². The molecule has 2 aliphatic heterocycles. The summed E-state index contributed by atoms with van der Waals surface area (Å²) in [5, 5.41) is 7.29. The predicted octanol–water partition coefficient (Wildman–Crippen LogP) is 5.71. The van der Waals surface area contributed by atoms with Gasteiger partial charge in [0, 0.05) is 22.6 Å². The van der Waals surface area contributed by atoms with Gasteiger partial charge in [0.05, 0.1) is 11.8 Å². The normalized spacial score (nSPS) is 19.6. The van der Waals surface area contributed by atoms with Gasteiger partial charge in [-0.3, -0.25) is 4.79 Å². The highest BCUT2D eigenvalue weighted by atomic mass is 35.5. The van der Waals surface area contributed by atoms with Gasteiger partial charge in [-0.1, -0.05) is 71.3 Å². The molecule has 0 N–H and O–H groups in total. The molecule has 3 aromatic rings. The van der Waals surface area contributed by atoms with Crippen molar-refractivity contribution in [3.63, 3.8) is 0 Å². The molecule has 0 bridgehead atoms. The molecular weight excluding hydrogens is 396 g/mol. The molecule has 0 radical (unpaired) electrons. The third-order valence-corrected chi connectivity index (χ3v) is 5.93. The molecule has 0 aromatic heterocycles. The lowest BCUT2D eigenvalue weighted by Gasteiger charge is -2.37. The van der Waals surface area contributed by atoms with E-state index in [1.807, 2.05) is 43.3 Å². The number of halogens is 1. The molecule has 0 saturated heterocycles. The molecule has 0 amide bonds. The molecule has 0 aliphatic carbocycles. The van der Waals surface area contributed by atoms with Crippen LogP contribution in [0, 0.1) is 13.8 Å². The predicted molar refractivity (Wildman–Crippen MR) is 118 cm³/mol. The van der Waals surface area contributed by atoms with Crippen LogP contribution in [0.4, 0.5) is 0 Å². The van der Waals surface area contributed by atoms with Crippen LogP contribution in [0.3, 0.4) is 0 Å². The largest absolute Gasteiger partial charge is 0.461 e. The molecule has 0 fully saturated rings. The first-order valence-electron chi connectivity index (χ1n) is 9.99. The first-order chi connectivity index (χ1) is 14.5. The number of benzene rings is 3. The van der Waals surface area contributed by atoms with Crippen LogP contribution in [-0.4, -0.2) is 22.7 Å². The van der Waals surface area contributed by atoms with Crippen LogP contribution >= 0.6 is 11.6 Å². The molecule has 2 aliphatic rings. The standard InChI is InChI=1S/C25H21ClN2O2/c1-15-3-7-17(8-4-15)21-14-22-20-13-19(26)11-12-23(20)30-25(28(22)27-21)24(29)18-9-5-16(2)6-10-18/h3-13,22,25H,14H2,1-2H3/t22-,25+/m0/s1. The Labute approximate surface area is 180 Å². The third-order valence-electron chi connectivity index (χ3n) is 5.70. The van der Waals surface area contributed by atoms with Gasteiger partial charge in [-0.15, -0.1) is 0 Å². The maximum Gasteiger partial charge on any atom is 0.251 e. The number of ketones is 1. The van der Waals surface area contributed by atoms with Crippen molar-refractivity contribution in [3.8, 4) is 5.75 Å². The summed E-state index contributed by atoms with van der Waals surface area (Å²) >= 11 is 6.27. The molecule has 4 nitrogen and oxygen atoms in total. The highest BCUT2D eigenvalue weighted by Gasteiger charge is 2.43. The monoisotopic (exact) mass is 416 g/mol. The number of carbonyl (C=O) groups is 1. The maximum atomic E-state index is 13.4. The Hall–Kier alpha value is -3.11. The lowest BCUT2D eigenvalue weighted by molar-refractivity contribution is -0.00455. The maximum absolute atomic E-state index is 13.4. The average Bonchev–Trinajstić information content (AvgIpc) is 3.19. The zero-order valence-corrected chi connectivity index (χ0v) is 17.6. The molecule has 0 saturated carbocycles. The van der Waals surface area contributed by atoms with Crippen molar-refractivity contribution in [2.45, 2.75) is 32.5 Å². The molecule has 5 rings (SSSR count). The highest BCUT2D eigenvalue weighted by molar-refractivity contribution is 6.30. The summed E-state index contributed by atoms with van der Waals surface area (Å²) in [4.78, 5) is 13.4. The van der Waals surface area contributed by atoms with Gasteiger partial charge in [0.2, 0.25) is 5.78 Å². The second kappa shape index (κ2) is 7.29. The van der Waals surface area contributed by atoms with Crippen molar-refractivity contribution in [2.75, 3.05) is 0 Å². The number of Topliss-reactive ketones (excluding diaryl/α,β-unsaturated/α-hetero) is 1. The van der Waals surface area contributed by atoms with Gasteiger partial charge in [-0.2, -0.15) is 5.10 Å². The second-order valence-electron chi connectivity index (χ2n) is 7.90. The molecule has 0 spiro atoms. The van der Waals surface area contributed by atoms with Crippen LogP contribution in [-0.2, 0) is 0 Å². The van der Waals surface area contributed by atoms with Crippen LogP contribution in [0.2, 0.25) is 5.02 Å². The minimum atomic E-state index is -0.811. The zero-order chi connectivity index (χ0) is 20.8. The Kier molecular flexibility index (Phi) is 4.59. The number of ether oxygens (including phenoxy) is 1. The van der Waals surface area contributed by atoms with E-state index in [1.165, 1.54) is 5.56 Å². The number of fused-ring (bicyclic) bond motifs is 3. The number of hydrogen-bond acceptors (Lipinski definition) is 4. The molecule has 5 heteroatoms. The van der Waals surface area contributed by atoms with Gasteiger partial charge in [0.1, 0.15) is 5.75 Å². The summed E-state index contributed by atoms with van der Waals surface area (Å²) in [5.74, 6) is 0.584. The van der Waals surface area contributed by atoms with Gasteiger partial charge >= 0.3 is 0 Å². The van der Waals surface area contributed by atoms with Gasteiger partial charge in [0.15, 0.2) is 0 Å². The third kappa shape index (κ3) is 3.27. The summed E-state index contributed by atoms with van der Waals surface area (Å²) in [5.41, 5.74) is 5.87. The van der Waals surface area contributed by atoms with Crippen LogP contribution < -0.4 is 4.74 Å². The smallest absolute Gasteiger partial charge is 0.251 e. The van der Waals surface area contributed by atoms with E-state index in [0.29, 0.717) is 22.8 Å². The van der Waals surface area contributed by atoms with E-state index in [9.17, 15) is 4.79 Å². The average molecular weight is 417 g/mol. The Bertz CT molecular complexity index is 1150. The first kappa shape index (κ1) is 18.9. The molecule has 2 atom stereocenters. The lowest BCUT2D eigenvalue weighted by Crippen LogP contribution is -2.45. The van der Waals surface area contributed by atoms with Gasteiger partial charge < -0.3 is 4.74 Å². The fourth-order valence-corrected chi connectivity index (χ4v) is 4.19. The van der Waals surface area contributed by atoms with E-state index < -0.39 is 6.23 Å². The Morgan fingerprint density at radius 2 is 1.67 bits per heavy atom. The van der Waals surface area contributed by atoms with Crippen LogP contribution in [0.25, 0.3) is 0 Å². The van der Waals surface area contributed by atoms with Crippen molar-refractivity contribution in [2.24, 2.45) is 5.10 Å². The number of carbonyl (C=O) groups excluding carboxylic acids is 1. The van der Waals surface area contributed by atoms with E-state index in [0.717, 1.165) is 22.4 Å². The molecule has 3 aromatic carbocycles. The molecule has 30 heavy (non-hydrogen) atoms. The summed E-state index contributed by atoms with van der Waals surface area (Å²) in [7, 11) is 0. The van der Waals surface area contributed by atoms with Gasteiger partial charge in [-0.25, -0.2) is 5.01 Å². The fraction of sp³-hybridized carbons (Fsp3) is 0.200. The minimum Gasteiger partial charge on any atom is -0.461 e. The van der Waals surface area contributed by atoms with Gasteiger partial charge in [-0.05, 0) is 37.6 Å². The Morgan fingerprint density at radius 1 is 1.00 bits per heavy atom. The molecule has 2 heterocycles. The summed E-state index contributed by atoms with van der Waals surface area (Å²) < 4.78 is 6.16. The summed E-state index contributed by atoms with van der Waals surface area (Å²) in [6.07, 6.45) is -0.119. The summed E-state index contributed by atoms with van der Waals surface area (Å²) in [6, 6.07) is 21.3. The topological polar surface area (TPSA) is 41.9 Å². The lowest BCUT2D eigenvalue weighted by atomic mass is 9.95. The van der Waals surface area contributed by atoms with Crippen LogP contribution in [0.1, 0.15) is 45.1 Å². The first-order valence-corrected chi connectivity index (χ1v) is 10.4. The van der Waals surface area contributed by atoms with Crippen molar-refractivity contribution in [3.05, 3.63) is 99.6 Å². The highest BCUT2D eigenvalue weighted by Crippen LogP contribution is 2.44. The Morgan fingerprint density at radius 3 is 2.37 bits per heavy atom. The number of hydrogen-bond donors (Lipinski definition) is 0. The molecule has 0 unspecified atom stereocenters. The number of nitrogens with zero attached hydrogens (tertiary/aromatic N) is 2. The van der Waals surface area contributed by atoms with E-state index in [-0.39, 0.29) is 11.8 Å². The van der Waals surface area contributed by atoms with E-state index in [1.54, 1.807) is 11.1 Å². The van der Waals surface area contributed by atoms with Crippen molar-refractivity contribution >= 4 is 23.1 Å². The second-order valence-corrected chi connectivity index (χ2v) is 8.33. The van der Waals surface area contributed by atoms with E-state index in [4.69, 9.17) is 21.4 Å². The van der Waals surface area contributed by atoms with Gasteiger partial charge in [0.25, 0.3) is 6.23 Å². The Balaban J connectivity index is 1.57. The number of aryl methyl sites for hydroxylation is 2. The number of hydrazone groups is 1. The number of rotatable bonds is 3. The molecular formula is C25H21ClN2O2.